The number of aliphatic imine (C=N–C) groups is 1. The number of anilines is 1. The van der Waals surface area contributed by atoms with E-state index in [1.165, 1.54) is 12.1 Å². The SMILES string of the molecule is COc1ccc(NC(N)=NCCCOc2ccc(F)cc2)cc1Cl.I. The lowest BCUT2D eigenvalue weighted by Gasteiger charge is -2.08. The minimum atomic E-state index is -0.288. The number of nitrogens with zero attached hydrogens (tertiary/aromatic N) is 1. The van der Waals surface area contributed by atoms with Crippen LogP contribution in [0.15, 0.2) is 47.5 Å². The summed E-state index contributed by atoms with van der Waals surface area (Å²) in [5.41, 5.74) is 6.54. The standard InChI is InChI=1S/C17H19ClFN3O2.HI/c1-23-16-8-5-13(11-15(16)18)22-17(20)21-9-2-10-24-14-6-3-12(19)4-7-14;/h3-8,11H,2,9-10H2,1H3,(H3,20,21,22);1H. The number of hydrogen-bond acceptors (Lipinski definition) is 3. The fraction of sp³-hybridized carbons (Fsp3) is 0.235. The first-order chi connectivity index (χ1) is 11.6. The molecule has 25 heavy (non-hydrogen) atoms. The summed E-state index contributed by atoms with van der Waals surface area (Å²) < 4.78 is 23.3. The van der Waals surface area contributed by atoms with Crippen molar-refractivity contribution in [2.24, 2.45) is 10.7 Å². The number of methoxy groups -OCH3 is 1. The number of nitrogens with two attached hydrogens (primary N) is 1. The van der Waals surface area contributed by atoms with E-state index in [-0.39, 0.29) is 35.8 Å². The number of halogens is 3. The van der Waals surface area contributed by atoms with Crippen LogP contribution in [0.1, 0.15) is 6.42 Å². The summed E-state index contributed by atoms with van der Waals surface area (Å²) in [7, 11) is 1.55. The molecule has 0 aromatic heterocycles. The molecule has 0 radical (unpaired) electrons. The fourth-order valence-corrected chi connectivity index (χ4v) is 2.17. The molecule has 0 bridgehead atoms. The van der Waals surface area contributed by atoms with E-state index in [1.807, 2.05) is 0 Å². The van der Waals surface area contributed by atoms with E-state index in [9.17, 15) is 4.39 Å². The summed E-state index contributed by atoms with van der Waals surface area (Å²) in [6.07, 6.45) is 0.684. The van der Waals surface area contributed by atoms with E-state index in [0.717, 1.165) is 5.69 Å². The second-order valence-electron chi connectivity index (χ2n) is 4.90. The Hall–Kier alpha value is -1.74. The molecule has 8 heteroatoms. The lowest BCUT2D eigenvalue weighted by atomic mass is 10.3. The Labute approximate surface area is 168 Å². The molecule has 0 amide bonds. The molecular formula is C17H20ClFIN3O2. The van der Waals surface area contributed by atoms with Crippen molar-refractivity contribution in [3.05, 3.63) is 53.3 Å². The molecule has 0 heterocycles. The van der Waals surface area contributed by atoms with Crippen molar-refractivity contribution in [3.63, 3.8) is 0 Å². The summed E-state index contributed by atoms with van der Waals surface area (Å²) in [6.45, 7) is 0.973. The highest BCUT2D eigenvalue weighted by atomic mass is 127. The first kappa shape index (κ1) is 21.3. The molecule has 0 saturated heterocycles. The summed E-state index contributed by atoms with van der Waals surface area (Å²) in [5, 5.41) is 3.44. The molecule has 0 aliphatic carbocycles. The molecule has 0 aliphatic heterocycles. The van der Waals surface area contributed by atoms with Gasteiger partial charge in [0.25, 0.3) is 0 Å². The van der Waals surface area contributed by atoms with Gasteiger partial charge in [-0.2, -0.15) is 0 Å². The van der Waals surface area contributed by atoms with Gasteiger partial charge in [-0.25, -0.2) is 4.39 Å². The average molecular weight is 480 g/mol. The first-order valence-corrected chi connectivity index (χ1v) is 7.75. The van der Waals surface area contributed by atoms with Crippen LogP contribution in [0.2, 0.25) is 5.02 Å². The smallest absolute Gasteiger partial charge is 0.193 e. The Balaban J connectivity index is 0.00000312. The fourth-order valence-electron chi connectivity index (χ4n) is 1.92. The predicted molar refractivity (Wildman–Crippen MR) is 110 cm³/mol. The van der Waals surface area contributed by atoms with Gasteiger partial charge in [-0.15, -0.1) is 24.0 Å². The van der Waals surface area contributed by atoms with Crippen molar-refractivity contribution in [1.82, 2.24) is 0 Å². The minimum Gasteiger partial charge on any atom is -0.495 e. The van der Waals surface area contributed by atoms with Crippen molar-refractivity contribution in [2.75, 3.05) is 25.6 Å². The summed E-state index contributed by atoms with van der Waals surface area (Å²) in [6, 6.07) is 11.1. The van der Waals surface area contributed by atoms with Crippen molar-refractivity contribution in [2.45, 2.75) is 6.42 Å². The van der Waals surface area contributed by atoms with Crippen LogP contribution < -0.4 is 20.5 Å². The molecule has 5 nitrogen and oxygen atoms in total. The summed E-state index contributed by atoms with van der Waals surface area (Å²) in [5.74, 6) is 1.22. The van der Waals surface area contributed by atoms with E-state index in [1.54, 1.807) is 37.4 Å². The third-order valence-corrected chi connectivity index (χ3v) is 3.39. The Morgan fingerprint density at radius 3 is 2.60 bits per heavy atom. The monoisotopic (exact) mass is 479 g/mol. The van der Waals surface area contributed by atoms with Crippen LogP contribution in [0.5, 0.6) is 11.5 Å². The highest BCUT2D eigenvalue weighted by molar-refractivity contribution is 14.0. The van der Waals surface area contributed by atoms with Gasteiger partial charge in [-0.3, -0.25) is 4.99 Å². The highest BCUT2D eigenvalue weighted by Crippen LogP contribution is 2.27. The largest absolute Gasteiger partial charge is 0.495 e. The quantitative estimate of drug-likeness (QED) is 0.269. The van der Waals surface area contributed by atoms with Crippen molar-refractivity contribution < 1.29 is 13.9 Å². The average Bonchev–Trinajstić information content (AvgIpc) is 2.56. The van der Waals surface area contributed by atoms with Crippen molar-refractivity contribution in [3.8, 4) is 11.5 Å². The third kappa shape index (κ3) is 7.35. The maximum absolute atomic E-state index is 12.8. The molecule has 2 rings (SSSR count). The third-order valence-electron chi connectivity index (χ3n) is 3.09. The maximum Gasteiger partial charge on any atom is 0.193 e. The zero-order valence-corrected chi connectivity index (χ0v) is 16.8. The van der Waals surface area contributed by atoms with E-state index in [4.69, 9.17) is 26.8 Å². The van der Waals surface area contributed by atoms with Gasteiger partial charge in [0.05, 0.1) is 18.7 Å². The van der Waals surface area contributed by atoms with Crippen LogP contribution >= 0.6 is 35.6 Å². The van der Waals surface area contributed by atoms with Gasteiger partial charge >= 0.3 is 0 Å². The number of guanidine groups is 1. The van der Waals surface area contributed by atoms with Crippen molar-refractivity contribution >= 4 is 47.2 Å². The molecule has 0 spiro atoms. The number of rotatable bonds is 7. The van der Waals surface area contributed by atoms with E-state index in [2.05, 4.69) is 10.3 Å². The summed E-state index contributed by atoms with van der Waals surface area (Å²) >= 11 is 6.04. The Kier molecular flexibility index (Phi) is 9.36. The lowest BCUT2D eigenvalue weighted by molar-refractivity contribution is 0.313. The normalized spacial score (nSPS) is 10.8. The predicted octanol–water partition coefficient (Wildman–Crippen LogP) is 4.30. The van der Waals surface area contributed by atoms with Gasteiger partial charge in [0.15, 0.2) is 5.96 Å². The van der Waals surface area contributed by atoms with Crippen LogP contribution in [0, 0.1) is 5.82 Å². The number of ether oxygens (including phenoxy) is 2. The molecule has 136 valence electrons. The topological polar surface area (TPSA) is 68.9 Å². The van der Waals surface area contributed by atoms with Gasteiger partial charge in [-0.1, -0.05) is 11.6 Å². The van der Waals surface area contributed by atoms with Crippen LogP contribution in [0.3, 0.4) is 0 Å². The van der Waals surface area contributed by atoms with Gasteiger partial charge in [0.1, 0.15) is 17.3 Å². The molecule has 0 unspecified atom stereocenters. The minimum absolute atomic E-state index is 0. The molecular weight excluding hydrogens is 460 g/mol. The first-order valence-electron chi connectivity index (χ1n) is 7.37. The molecule has 2 aromatic rings. The summed E-state index contributed by atoms with van der Waals surface area (Å²) in [4.78, 5) is 4.21. The van der Waals surface area contributed by atoms with Gasteiger partial charge in [0.2, 0.25) is 0 Å². The number of benzene rings is 2. The molecule has 0 saturated carbocycles. The lowest BCUT2D eigenvalue weighted by Crippen LogP contribution is -2.23. The van der Waals surface area contributed by atoms with Crippen LogP contribution in [-0.2, 0) is 0 Å². The van der Waals surface area contributed by atoms with E-state index < -0.39 is 0 Å². The Morgan fingerprint density at radius 1 is 1.24 bits per heavy atom. The van der Waals surface area contributed by atoms with Crippen LogP contribution in [0.25, 0.3) is 0 Å². The molecule has 0 aliphatic rings. The second kappa shape index (κ2) is 11.0. The Bertz CT molecular complexity index is 699. The maximum atomic E-state index is 12.8. The van der Waals surface area contributed by atoms with E-state index >= 15 is 0 Å². The van der Waals surface area contributed by atoms with Gasteiger partial charge < -0.3 is 20.5 Å². The van der Waals surface area contributed by atoms with Crippen LogP contribution in [-0.4, -0.2) is 26.2 Å². The highest BCUT2D eigenvalue weighted by Gasteiger charge is 2.02. The van der Waals surface area contributed by atoms with Gasteiger partial charge in [-0.05, 0) is 42.5 Å². The molecule has 2 aromatic carbocycles. The van der Waals surface area contributed by atoms with Crippen LogP contribution in [0.4, 0.5) is 10.1 Å². The van der Waals surface area contributed by atoms with Crippen molar-refractivity contribution in [1.29, 1.82) is 0 Å². The second-order valence-corrected chi connectivity index (χ2v) is 5.30. The van der Waals surface area contributed by atoms with E-state index in [0.29, 0.717) is 36.1 Å². The number of hydrogen-bond donors (Lipinski definition) is 2. The molecule has 3 N–H and O–H groups in total. The number of nitrogens with one attached hydrogen (secondary N) is 1. The zero-order chi connectivity index (χ0) is 17.4. The zero-order valence-electron chi connectivity index (χ0n) is 13.7. The Morgan fingerprint density at radius 2 is 1.96 bits per heavy atom. The molecule has 0 fully saturated rings. The molecule has 0 atom stereocenters. The van der Waals surface area contributed by atoms with Gasteiger partial charge in [0, 0.05) is 18.7 Å².